The summed E-state index contributed by atoms with van der Waals surface area (Å²) < 4.78 is 5.74. The Kier molecular flexibility index (Phi) is 4.11. The van der Waals surface area contributed by atoms with Crippen LogP contribution in [-0.2, 0) is 5.41 Å². The van der Waals surface area contributed by atoms with E-state index in [0.29, 0.717) is 6.61 Å². The lowest BCUT2D eigenvalue weighted by atomic mass is 9.87. The molecule has 0 amide bonds. The average molecular weight is 256 g/mol. The lowest BCUT2D eigenvalue weighted by molar-refractivity contribution is 0.279. The molecule has 2 nitrogen and oxygen atoms in total. The Morgan fingerprint density at radius 1 is 1.29 bits per heavy atom. The van der Waals surface area contributed by atoms with Gasteiger partial charge in [-0.15, -0.1) is 12.4 Å². The molecule has 2 N–H and O–H groups in total. The molecule has 0 radical (unpaired) electrons. The first kappa shape index (κ1) is 14.3. The molecule has 1 aromatic rings. The monoisotopic (exact) mass is 255 g/mol. The van der Waals surface area contributed by atoms with Crippen molar-refractivity contribution in [1.82, 2.24) is 0 Å². The predicted molar refractivity (Wildman–Crippen MR) is 74.0 cm³/mol. The van der Waals surface area contributed by atoms with Gasteiger partial charge in [-0.25, -0.2) is 0 Å². The second-order valence-electron chi connectivity index (χ2n) is 5.93. The van der Waals surface area contributed by atoms with E-state index < -0.39 is 0 Å². The SMILES string of the molecule is CC(C)(C)c1cccc(OCC2(N)CC2)c1.Cl. The van der Waals surface area contributed by atoms with Gasteiger partial charge in [0.2, 0.25) is 0 Å². The van der Waals surface area contributed by atoms with Crippen molar-refractivity contribution in [1.29, 1.82) is 0 Å². The van der Waals surface area contributed by atoms with E-state index in [1.54, 1.807) is 0 Å². The molecule has 1 aromatic carbocycles. The van der Waals surface area contributed by atoms with Gasteiger partial charge in [-0.2, -0.15) is 0 Å². The third-order valence-electron chi connectivity index (χ3n) is 3.12. The van der Waals surface area contributed by atoms with Gasteiger partial charge >= 0.3 is 0 Å². The minimum Gasteiger partial charge on any atom is -0.492 e. The second-order valence-corrected chi connectivity index (χ2v) is 5.93. The third-order valence-corrected chi connectivity index (χ3v) is 3.12. The summed E-state index contributed by atoms with van der Waals surface area (Å²) in [7, 11) is 0. The van der Waals surface area contributed by atoms with E-state index in [0.717, 1.165) is 18.6 Å². The Balaban J connectivity index is 0.00000144. The number of halogens is 1. The van der Waals surface area contributed by atoms with E-state index in [2.05, 4.69) is 32.9 Å². The fourth-order valence-corrected chi connectivity index (χ4v) is 1.58. The molecule has 0 atom stereocenters. The number of ether oxygens (including phenoxy) is 1. The molecule has 0 unspecified atom stereocenters. The highest BCUT2D eigenvalue weighted by molar-refractivity contribution is 5.85. The Hall–Kier alpha value is -0.730. The van der Waals surface area contributed by atoms with Crippen LogP contribution < -0.4 is 10.5 Å². The lowest BCUT2D eigenvalue weighted by Gasteiger charge is -2.20. The first-order valence-corrected chi connectivity index (χ1v) is 5.91. The van der Waals surface area contributed by atoms with E-state index in [-0.39, 0.29) is 23.4 Å². The van der Waals surface area contributed by atoms with Crippen molar-refractivity contribution in [2.24, 2.45) is 5.73 Å². The van der Waals surface area contributed by atoms with E-state index in [4.69, 9.17) is 10.5 Å². The van der Waals surface area contributed by atoms with Crippen LogP contribution in [0.3, 0.4) is 0 Å². The summed E-state index contributed by atoms with van der Waals surface area (Å²) in [5.74, 6) is 0.934. The Bertz CT molecular complexity index is 380. The van der Waals surface area contributed by atoms with Crippen molar-refractivity contribution < 1.29 is 4.74 Å². The van der Waals surface area contributed by atoms with E-state index >= 15 is 0 Å². The van der Waals surface area contributed by atoms with Crippen LogP contribution in [0, 0.1) is 0 Å². The van der Waals surface area contributed by atoms with E-state index in [1.165, 1.54) is 5.56 Å². The Morgan fingerprint density at radius 3 is 2.47 bits per heavy atom. The number of rotatable bonds is 3. The first-order valence-electron chi connectivity index (χ1n) is 5.91. The van der Waals surface area contributed by atoms with Crippen LogP contribution in [0.4, 0.5) is 0 Å². The highest BCUT2D eigenvalue weighted by Gasteiger charge is 2.39. The summed E-state index contributed by atoms with van der Waals surface area (Å²) in [4.78, 5) is 0. The molecule has 0 heterocycles. The zero-order valence-electron chi connectivity index (χ0n) is 10.8. The van der Waals surface area contributed by atoms with Crippen LogP contribution in [0.1, 0.15) is 39.2 Å². The smallest absolute Gasteiger partial charge is 0.119 e. The van der Waals surface area contributed by atoms with E-state index in [1.807, 2.05) is 12.1 Å². The molecule has 1 saturated carbocycles. The van der Waals surface area contributed by atoms with Crippen LogP contribution in [0.2, 0.25) is 0 Å². The minimum atomic E-state index is -0.0439. The van der Waals surface area contributed by atoms with Crippen LogP contribution in [0.15, 0.2) is 24.3 Å². The van der Waals surface area contributed by atoms with Crippen molar-refractivity contribution in [2.45, 2.75) is 44.6 Å². The van der Waals surface area contributed by atoms with Crippen LogP contribution in [0.5, 0.6) is 5.75 Å². The van der Waals surface area contributed by atoms with Gasteiger partial charge in [-0.05, 0) is 36.0 Å². The van der Waals surface area contributed by atoms with Crippen LogP contribution >= 0.6 is 12.4 Å². The molecule has 3 heteroatoms. The fourth-order valence-electron chi connectivity index (χ4n) is 1.58. The Labute approximate surface area is 110 Å². The molecule has 1 aliphatic rings. The lowest BCUT2D eigenvalue weighted by Crippen LogP contribution is -2.29. The molecule has 96 valence electrons. The van der Waals surface area contributed by atoms with Crippen molar-refractivity contribution in [2.75, 3.05) is 6.61 Å². The quantitative estimate of drug-likeness (QED) is 0.900. The van der Waals surface area contributed by atoms with Gasteiger partial charge in [0.25, 0.3) is 0 Å². The largest absolute Gasteiger partial charge is 0.492 e. The molecular formula is C14H22ClNO. The molecule has 1 aliphatic carbocycles. The summed E-state index contributed by atoms with van der Waals surface area (Å²) >= 11 is 0. The number of hydrogen-bond acceptors (Lipinski definition) is 2. The zero-order chi connectivity index (χ0) is 11.8. The average Bonchev–Trinajstić information content (AvgIpc) is 2.94. The summed E-state index contributed by atoms with van der Waals surface area (Å²) in [5.41, 5.74) is 7.41. The molecule has 0 saturated heterocycles. The highest BCUT2D eigenvalue weighted by Crippen LogP contribution is 2.33. The van der Waals surface area contributed by atoms with Gasteiger partial charge in [0.05, 0.1) is 5.54 Å². The number of benzene rings is 1. The van der Waals surface area contributed by atoms with Crippen LogP contribution in [0.25, 0.3) is 0 Å². The summed E-state index contributed by atoms with van der Waals surface area (Å²) in [5, 5.41) is 0. The maximum atomic E-state index is 5.99. The third kappa shape index (κ3) is 3.90. The van der Waals surface area contributed by atoms with Gasteiger partial charge < -0.3 is 10.5 Å². The normalized spacial score (nSPS) is 17.2. The minimum absolute atomic E-state index is 0. The first-order chi connectivity index (χ1) is 7.39. The molecule has 0 aliphatic heterocycles. The molecular weight excluding hydrogens is 234 g/mol. The van der Waals surface area contributed by atoms with Crippen molar-refractivity contribution in [3.8, 4) is 5.75 Å². The van der Waals surface area contributed by atoms with Gasteiger partial charge in [-0.3, -0.25) is 0 Å². The number of hydrogen-bond donors (Lipinski definition) is 1. The summed E-state index contributed by atoms with van der Waals surface area (Å²) in [6.07, 6.45) is 2.18. The molecule has 0 aromatic heterocycles. The maximum Gasteiger partial charge on any atom is 0.119 e. The van der Waals surface area contributed by atoms with Gasteiger partial charge in [0.1, 0.15) is 12.4 Å². The topological polar surface area (TPSA) is 35.2 Å². The standard InChI is InChI=1S/C14H21NO.ClH/c1-13(2,3)11-5-4-6-12(9-11)16-10-14(15)7-8-14;/h4-6,9H,7-8,10,15H2,1-3H3;1H. The molecule has 2 rings (SSSR count). The molecule has 17 heavy (non-hydrogen) atoms. The molecule has 1 fully saturated rings. The van der Waals surface area contributed by atoms with Gasteiger partial charge in [0.15, 0.2) is 0 Å². The Morgan fingerprint density at radius 2 is 1.94 bits per heavy atom. The number of nitrogens with two attached hydrogens (primary N) is 1. The predicted octanol–water partition coefficient (Wildman–Crippen LogP) is 3.28. The highest BCUT2D eigenvalue weighted by atomic mass is 35.5. The summed E-state index contributed by atoms with van der Waals surface area (Å²) in [6, 6.07) is 8.31. The molecule has 0 bridgehead atoms. The van der Waals surface area contributed by atoms with Gasteiger partial charge in [0, 0.05) is 0 Å². The van der Waals surface area contributed by atoms with E-state index in [9.17, 15) is 0 Å². The van der Waals surface area contributed by atoms with Crippen molar-refractivity contribution in [3.05, 3.63) is 29.8 Å². The summed E-state index contributed by atoms with van der Waals surface area (Å²) in [6.45, 7) is 7.26. The van der Waals surface area contributed by atoms with Crippen molar-refractivity contribution >= 4 is 12.4 Å². The fraction of sp³-hybridized carbons (Fsp3) is 0.571. The maximum absolute atomic E-state index is 5.99. The zero-order valence-corrected chi connectivity index (χ0v) is 11.6. The van der Waals surface area contributed by atoms with Crippen molar-refractivity contribution in [3.63, 3.8) is 0 Å². The van der Waals surface area contributed by atoms with Gasteiger partial charge in [-0.1, -0.05) is 32.9 Å². The molecule has 0 spiro atoms. The second kappa shape index (κ2) is 4.87. The van der Waals surface area contributed by atoms with Crippen LogP contribution in [-0.4, -0.2) is 12.1 Å².